The van der Waals surface area contributed by atoms with Crippen LogP contribution < -0.4 is 5.46 Å². The van der Waals surface area contributed by atoms with Gasteiger partial charge in [0.15, 0.2) is 0 Å². The van der Waals surface area contributed by atoms with Crippen molar-refractivity contribution < 1.29 is 9.31 Å². The molecule has 0 atom stereocenters. The summed E-state index contributed by atoms with van der Waals surface area (Å²) in [6.07, 6.45) is 4.06. The van der Waals surface area contributed by atoms with E-state index >= 15 is 0 Å². The zero-order valence-corrected chi connectivity index (χ0v) is 21.9. The number of nitrogens with zero attached hydrogens (tertiary/aromatic N) is 1. The van der Waals surface area contributed by atoms with Crippen LogP contribution in [0.1, 0.15) is 54.0 Å². The SMILES string of the molecule is C=C/C(=C\C)c1cc2c3ccccc3n3c4ccc(B5OC(C)(C)C(C)(C)O5)cc4c(c1)c23.CC. The highest BCUT2D eigenvalue weighted by Gasteiger charge is 2.51. The van der Waals surface area contributed by atoms with E-state index in [-0.39, 0.29) is 18.3 Å². The number of fused-ring (bicyclic) bond motifs is 6. The Morgan fingerprint density at radius 1 is 0.829 bits per heavy atom. The number of para-hydroxylation sites is 1. The minimum atomic E-state index is -0.380. The first-order valence-electron chi connectivity index (χ1n) is 12.6. The molecule has 1 aliphatic heterocycles. The van der Waals surface area contributed by atoms with E-state index in [9.17, 15) is 0 Å². The molecular weight excluding hydrogens is 429 g/mol. The Morgan fingerprint density at radius 2 is 1.43 bits per heavy atom. The molecule has 1 aliphatic rings. The highest BCUT2D eigenvalue weighted by atomic mass is 16.7. The third-order valence-corrected chi connectivity index (χ3v) is 7.71. The van der Waals surface area contributed by atoms with Crippen LogP contribution in [0.2, 0.25) is 0 Å². The summed E-state index contributed by atoms with van der Waals surface area (Å²) >= 11 is 0. The number of hydrogen-bond donors (Lipinski definition) is 0. The summed E-state index contributed by atoms with van der Waals surface area (Å²) in [5.41, 5.74) is 6.35. The summed E-state index contributed by atoms with van der Waals surface area (Å²) in [6, 6.07) is 19.9. The summed E-state index contributed by atoms with van der Waals surface area (Å²) in [6.45, 7) is 18.5. The van der Waals surface area contributed by atoms with Crippen molar-refractivity contribution in [2.24, 2.45) is 0 Å². The lowest BCUT2D eigenvalue weighted by Crippen LogP contribution is -2.41. The van der Waals surface area contributed by atoms with Gasteiger partial charge in [0.1, 0.15) is 0 Å². The second kappa shape index (κ2) is 8.25. The predicted octanol–water partition coefficient (Wildman–Crippen LogP) is 7.75. The molecule has 0 spiro atoms. The monoisotopic (exact) mass is 463 g/mol. The summed E-state index contributed by atoms with van der Waals surface area (Å²) in [7, 11) is -0.380. The molecule has 2 aromatic heterocycles. The van der Waals surface area contributed by atoms with E-state index in [1.807, 2.05) is 19.9 Å². The molecule has 0 amide bonds. The smallest absolute Gasteiger partial charge is 0.399 e. The van der Waals surface area contributed by atoms with Crippen LogP contribution in [-0.4, -0.2) is 22.7 Å². The quantitative estimate of drug-likeness (QED) is 0.202. The van der Waals surface area contributed by atoms with Gasteiger partial charge in [-0.2, -0.15) is 0 Å². The number of allylic oxidation sites excluding steroid dienone is 3. The van der Waals surface area contributed by atoms with Crippen molar-refractivity contribution in [2.45, 2.75) is 59.7 Å². The Morgan fingerprint density at radius 3 is 2.06 bits per heavy atom. The molecule has 0 N–H and O–H groups in total. The minimum Gasteiger partial charge on any atom is -0.399 e. The lowest BCUT2D eigenvalue weighted by Gasteiger charge is -2.32. The third-order valence-electron chi connectivity index (χ3n) is 7.71. The molecule has 3 nitrogen and oxygen atoms in total. The molecule has 4 heteroatoms. The van der Waals surface area contributed by atoms with Crippen LogP contribution >= 0.6 is 0 Å². The van der Waals surface area contributed by atoms with E-state index in [1.165, 1.54) is 43.7 Å². The fraction of sp³-hybridized carbons (Fsp3) is 0.290. The normalized spacial score (nSPS) is 17.5. The van der Waals surface area contributed by atoms with Crippen molar-refractivity contribution in [2.75, 3.05) is 0 Å². The summed E-state index contributed by atoms with van der Waals surface area (Å²) in [5.74, 6) is 0. The maximum absolute atomic E-state index is 6.36. The fourth-order valence-corrected chi connectivity index (χ4v) is 5.21. The number of rotatable bonds is 3. The van der Waals surface area contributed by atoms with E-state index in [1.54, 1.807) is 0 Å². The molecule has 0 aliphatic carbocycles. The average Bonchev–Trinajstić information content (AvgIpc) is 3.43. The summed E-state index contributed by atoms with van der Waals surface area (Å²) < 4.78 is 15.1. The molecular formula is C31H34BNO2. The molecule has 0 radical (unpaired) electrons. The lowest BCUT2D eigenvalue weighted by atomic mass is 9.78. The molecule has 6 rings (SSSR count). The highest BCUT2D eigenvalue weighted by molar-refractivity contribution is 6.62. The van der Waals surface area contributed by atoms with Crippen LogP contribution in [0, 0.1) is 0 Å². The Balaban J connectivity index is 0.00000124. The molecule has 1 saturated heterocycles. The van der Waals surface area contributed by atoms with Gasteiger partial charge >= 0.3 is 7.12 Å². The van der Waals surface area contributed by atoms with Crippen LogP contribution in [0.4, 0.5) is 0 Å². The highest BCUT2D eigenvalue weighted by Crippen LogP contribution is 2.41. The van der Waals surface area contributed by atoms with Crippen molar-refractivity contribution in [3.63, 3.8) is 0 Å². The van der Waals surface area contributed by atoms with Gasteiger partial charge in [-0.25, -0.2) is 0 Å². The van der Waals surface area contributed by atoms with Crippen molar-refractivity contribution >= 4 is 56.2 Å². The second-order valence-corrected chi connectivity index (χ2v) is 10.1. The molecule has 0 saturated carbocycles. The third kappa shape index (κ3) is 3.35. The standard InChI is InChI=1S/C29H28BNO2.C2H6/c1-7-18(8-2)19-15-23-21-11-9-10-12-25(21)31-26-14-13-20(17-22(26)24(16-19)27(23)31)30-32-28(3,4)29(5,6)33-30;1-2/h7-17H,1H2,2-6H3;1-2H3/b18-8+;. The van der Waals surface area contributed by atoms with Crippen molar-refractivity contribution in [1.29, 1.82) is 0 Å². The van der Waals surface area contributed by atoms with Gasteiger partial charge in [0.25, 0.3) is 0 Å². The minimum absolute atomic E-state index is 0.365. The van der Waals surface area contributed by atoms with Gasteiger partial charge in [-0.05, 0) is 75.5 Å². The van der Waals surface area contributed by atoms with E-state index in [2.05, 4.69) is 106 Å². The van der Waals surface area contributed by atoms with Crippen LogP contribution in [-0.2, 0) is 9.31 Å². The van der Waals surface area contributed by atoms with Gasteiger partial charge < -0.3 is 13.7 Å². The van der Waals surface area contributed by atoms with Gasteiger partial charge in [-0.3, -0.25) is 0 Å². The zero-order valence-electron chi connectivity index (χ0n) is 21.9. The molecule has 0 bridgehead atoms. The Bertz CT molecular complexity index is 1590. The number of aromatic nitrogens is 1. The van der Waals surface area contributed by atoms with E-state index < -0.39 is 0 Å². The molecule has 0 unspecified atom stereocenters. The predicted molar refractivity (Wildman–Crippen MR) is 152 cm³/mol. The first-order valence-corrected chi connectivity index (χ1v) is 12.6. The second-order valence-electron chi connectivity index (χ2n) is 10.1. The van der Waals surface area contributed by atoms with Crippen LogP contribution in [0.15, 0.2) is 73.3 Å². The van der Waals surface area contributed by atoms with Gasteiger partial charge in [0, 0.05) is 21.5 Å². The molecule has 3 heterocycles. The Kier molecular flexibility index (Phi) is 5.58. The molecule has 3 aromatic carbocycles. The Labute approximate surface area is 208 Å². The van der Waals surface area contributed by atoms with Crippen LogP contribution in [0.3, 0.4) is 0 Å². The number of hydrogen-bond acceptors (Lipinski definition) is 2. The summed E-state index contributed by atoms with van der Waals surface area (Å²) in [5, 5.41) is 5.01. The fourth-order valence-electron chi connectivity index (χ4n) is 5.21. The van der Waals surface area contributed by atoms with Crippen LogP contribution in [0.5, 0.6) is 0 Å². The average molecular weight is 463 g/mol. The largest absolute Gasteiger partial charge is 0.494 e. The van der Waals surface area contributed by atoms with Crippen LogP contribution in [0.25, 0.3) is 43.7 Å². The van der Waals surface area contributed by atoms with Crippen molar-refractivity contribution in [3.05, 3.63) is 78.9 Å². The van der Waals surface area contributed by atoms with E-state index in [0.717, 1.165) is 11.0 Å². The lowest BCUT2D eigenvalue weighted by molar-refractivity contribution is 0.00578. The Hall–Kier alpha value is -3.08. The van der Waals surface area contributed by atoms with Gasteiger partial charge in [0.05, 0.1) is 27.8 Å². The van der Waals surface area contributed by atoms with Gasteiger partial charge in [0.2, 0.25) is 0 Å². The maximum atomic E-state index is 6.36. The zero-order chi connectivity index (χ0) is 25.1. The first kappa shape index (κ1) is 23.7. The number of benzene rings is 3. The van der Waals surface area contributed by atoms with Gasteiger partial charge in [-0.1, -0.05) is 62.9 Å². The van der Waals surface area contributed by atoms with Crippen molar-refractivity contribution in [1.82, 2.24) is 4.40 Å². The van der Waals surface area contributed by atoms with E-state index in [0.29, 0.717) is 0 Å². The molecule has 35 heavy (non-hydrogen) atoms. The van der Waals surface area contributed by atoms with Gasteiger partial charge in [-0.15, -0.1) is 0 Å². The summed E-state index contributed by atoms with van der Waals surface area (Å²) in [4.78, 5) is 0. The molecule has 5 aromatic rings. The first-order chi connectivity index (χ1) is 16.8. The topological polar surface area (TPSA) is 22.9 Å². The molecule has 1 fully saturated rings. The maximum Gasteiger partial charge on any atom is 0.494 e. The van der Waals surface area contributed by atoms with Crippen molar-refractivity contribution in [3.8, 4) is 0 Å². The molecule has 178 valence electrons. The van der Waals surface area contributed by atoms with E-state index in [4.69, 9.17) is 9.31 Å².